The van der Waals surface area contributed by atoms with Gasteiger partial charge in [-0.15, -0.1) is 0 Å². The van der Waals surface area contributed by atoms with E-state index in [1.54, 1.807) is 0 Å². The van der Waals surface area contributed by atoms with Crippen molar-refractivity contribution in [2.24, 2.45) is 11.7 Å². The van der Waals surface area contributed by atoms with Gasteiger partial charge in [0.15, 0.2) is 0 Å². The van der Waals surface area contributed by atoms with E-state index >= 15 is 0 Å². The van der Waals surface area contributed by atoms with Gasteiger partial charge in [-0.1, -0.05) is 60.7 Å². The van der Waals surface area contributed by atoms with E-state index in [4.69, 9.17) is 11.5 Å². The molecular weight excluding hydrogens is 268 g/mol. The lowest BCUT2D eigenvalue weighted by Gasteiger charge is -2.28. The van der Waals surface area contributed by atoms with Crippen LogP contribution >= 0.6 is 0 Å². The van der Waals surface area contributed by atoms with Crippen LogP contribution in [0.4, 0.5) is 5.69 Å². The Bertz CT molecular complexity index is 882. The molecule has 2 aromatic rings. The summed E-state index contributed by atoms with van der Waals surface area (Å²) in [7, 11) is 0. The van der Waals surface area contributed by atoms with E-state index in [-0.39, 0.29) is 5.92 Å². The maximum Gasteiger partial charge on any atom is 0.0397 e. The molecule has 0 bridgehead atoms. The molecule has 2 aliphatic carbocycles. The molecule has 4 N–H and O–H groups in total. The van der Waals surface area contributed by atoms with Crippen molar-refractivity contribution >= 4 is 22.0 Å². The van der Waals surface area contributed by atoms with Crippen molar-refractivity contribution in [1.82, 2.24) is 0 Å². The first-order valence-electron chi connectivity index (χ1n) is 7.57. The van der Waals surface area contributed by atoms with Gasteiger partial charge < -0.3 is 11.5 Å². The summed E-state index contributed by atoms with van der Waals surface area (Å²) in [5.41, 5.74) is 18.0. The molecule has 0 amide bonds. The third-order valence-corrected chi connectivity index (χ3v) is 4.51. The largest absolute Gasteiger partial charge is 0.402 e. The van der Waals surface area contributed by atoms with Crippen LogP contribution < -0.4 is 11.5 Å². The minimum absolute atomic E-state index is 0.201. The molecule has 22 heavy (non-hydrogen) atoms. The maximum atomic E-state index is 6.40. The van der Waals surface area contributed by atoms with Gasteiger partial charge >= 0.3 is 0 Å². The van der Waals surface area contributed by atoms with Gasteiger partial charge in [0.05, 0.1) is 0 Å². The first kappa shape index (κ1) is 13.0. The highest BCUT2D eigenvalue weighted by molar-refractivity contribution is 6.00. The maximum absolute atomic E-state index is 6.40. The molecule has 2 nitrogen and oxygen atoms in total. The summed E-state index contributed by atoms with van der Waals surface area (Å²) in [4.78, 5) is 0. The van der Waals surface area contributed by atoms with Crippen molar-refractivity contribution in [2.75, 3.05) is 5.73 Å². The summed E-state index contributed by atoms with van der Waals surface area (Å²) in [6.45, 7) is 0. The molecule has 0 radical (unpaired) electrons. The van der Waals surface area contributed by atoms with E-state index < -0.39 is 0 Å². The van der Waals surface area contributed by atoms with Crippen LogP contribution in [0.3, 0.4) is 0 Å². The molecular formula is C20H18N2. The van der Waals surface area contributed by atoms with Crippen LogP contribution in [0.2, 0.25) is 0 Å². The Hall–Kier alpha value is -2.74. The predicted octanol–water partition coefficient (Wildman–Crippen LogP) is 4.16. The molecule has 0 aromatic heterocycles. The number of rotatable bonds is 1. The molecule has 2 heteroatoms. The van der Waals surface area contributed by atoms with E-state index in [0.29, 0.717) is 0 Å². The molecule has 0 fully saturated rings. The van der Waals surface area contributed by atoms with Gasteiger partial charge in [-0.3, -0.25) is 0 Å². The number of hydrogen-bond donors (Lipinski definition) is 2. The molecule has 108 valence electrons. The Kier molecular flexibility index (Phi) is 2.90. The average Bonchev–Trinajstić information content (AvgIpc) is 2.56. The van der Waals surface area contributed by atoms with E-state index in [1.807, 2.05) is 6.07 Å². The third-order valence-electron chi connectivity index (χ3n) is 4.51. The number of fused-ring (bicyclic) bond motifs is 2. The van der Waals surface area contributed by atoms with E-state index in [1.165, 1.54) is 16.3 Å². The zero-order chi connectivity index (χ0) is 15.1. The molecule has 1 atom stereocenters. The van der Waals surface area contributed by atoms with Crippen LogP contribution in [0.5, 0.6) is 0 Å². The molecule has 0 saturated carbocycles. The fourth-order valence-electron chi connectivity index (χ4n) is 3.46. The molecule has 0 aliphatic heterocycles. The first-order valence-corrected chi connectivity index (χ1v) is 7.57. The lowest BCUT2D eigenvalue weighted by molar-refractivity contribution is 0.937. The third kappa shape index (κ3) is 1.88. The highest BCUT2D eigenvalue weighted by atomic mass is 14.6. The Morgan fingerprint density at radius 2 is 1.82 bits per heavy atom. The van der Waals surface area contributed by atoms with Gasteiger partial charge in [0, 0.05) is 29.3 Å². The van der Waals surface area contributed by atoms with E-state index in [0.717, 1.165) is 28.9 Å². The van der Waals surface area contributed by atoms with Crippen molar-refractivity contribution in [3.63, 3.8) is 0 Å². The standard InChI is InChI=1S/C20H18N2/c21-17-11-9-13-5-1-3-7-15(13)19(17)20-16-8-4-2-6-14(16)10-12-18(20)22/h1-11,16H,12,21-22H2. The number of allylic oxidation sites excluding steroid dienone is 7. The fraction of sp³-hybridized carbons (Fsp3) is 0.100. The monoisotopic (exact) mass is 286 g/mol. The second-order valence-electron chi connectivity index (χ2n) is 5.82. The fourth-order valence-corrected chi connectivity index (χ4v) is 3.46. The lowest BCUT2D eigenvalue weighted by Crippen LogP contribution is -2.17. The van der Waals surface area contributed by atoms with Crippen LogP contribution in [0, 0.1) is 5.92 Å². The molecule has 2 aromatic carbocycles. The summed E-state index contributed by atoms with van der Waals surface area (Å²) in [6.07, 6.45) is 11.5. The van der Waals surface area contributed by atoms with Crippen LogP contribution in [0.1, 0.15) is 12.0 Å². The smallest absolute Gasteiger partial charge is 0.0397 e. The Labute approximate surface area is 130 Å². The van der Waals surface area contributed by atoms with E-state index in [9.17, 15) is 0 Å². The number of hydrogen-bond acceptors (Lipinski definition) is 2. The average molecular weight is 286 g/mol. The second-order valence-corrected chi connectivity index (χ2v) is 5.82. The highest BCUT2D eigenvalue weighted by Crippen LogP contribution is 2.43. The SMILES string of the molecule is NC1=C(c2c(N)ccc3ccccc23)C2C=CC=CC2=CC1. The normalized spacial score (nSPS) is 20.2. The number of anilines is 1. The summed E-state index contributed by atoms with van der Waals surface area (Å²) in [5.74, 6) is 0.201. The van der Waals surface area contributed by atoms with Crippen LogP contribution in [0.25, 0.3) is 16.3 Å². The molecule has 0 saturated heterocycles. The first-order chi connectivity index (χ1) is 10.8. The number of benzene rings is 2. The second kappa shape index (κ2) is 4.92. The van der Waals surface area contributed by atoms with Gasteiger partial charge in [0.2, 0.25) is 0 Å². The zero-order valence-corrected chi connectivity index (χ0v) is 12.3. The van der Waals surface area contributed by atoms with Crippen molar-refractivity contribution < 1.29 is 0 Å². The summed E-state index contributed by atoms with van der Waals surface area (Å²) >= 11 is 0. The van der Waals surface area contributed by atoms with Gasteiger partial charge in [0.25, 0.3) is 0 Å². The minimum atomic E-state index is 0.201. The zero-order valence-electron chi connectivity index (χ0n) is 12.3. The highest BCUT2D eigenvalue weighted by Gasteiger charge is 2.26. The molecule has 2 aliphatic rings. The van der Waals surface area contributed by atoms with Gasteiger partial charge in [0.1, 0.15) is 0 Å². The Morgan fingerprint density at radius 1 is 0.955 bits per heavy atom. The minimum Gasteiger partial charge on any atom is -0.402 e. The quantitative estimate of drug-likeness (QED) is 0.773. The number of nitrogen functional groups attached to an aromatic ring is 1. The van der Waals surface area contributed by atoms with Crippen LogP contribution in [0.15, 0.2) is 78.0 Å². The van der Waals surface area contributed by atoms with E-state index in [2.05, 4.69) is 60.7 Å². The summed E-state index contributed by atoms with van der Waals surface area (Å²) in [6, 6.07) is 12.4. The summed E-state index contributed by atoms with van der Waals surface area (Å²) in [5, 5.41) is 2.36. The van der Waals surface area contributed by atoms with Gasteiger partial charge in [-0.25, -0.2) is 0 Å². The van der Waals surface area contributed by atoms with Crippen LogP contribution in [-0.4, -0.2) is 0 Å². The van der Waals surface area contributed by atoms with Gasteiger partial charge in [-0.2, -0.15) is 0 Å². The van der Waals surface area contributed by atoms with Crippen LogP contribution in [-0.2, 0) is 0 Å². The molecule has 0 spiro atoms. The topological polar surface area (TPSA) is 52.0 Å². The Morgan fingerprint density at radius 3 is 2.73 bits per heavy atom. The predicted molar refractivity (Wildman–Crippen MR) is 93.9 cm³/mol. The van der Waals surface area contributed by atoms with Gasteiger partial charge in [-0.05, 0) is 28.0 Å². The number of nitrogens with two attached hydrogens (primary N) is 2. The Balaban J connectivity index is 2.00. The van der Waals surface area contributed by atoms with Crippen molar-refractivity contribution in [3.8, 4) is 0 Å². The molecule has 1 unspecified atom stereocenters. The van der Waals surface area contributed by atoms with Crippen molar-refractivity contribution in [1.29, 1.82) is 0 Å². The summed E-state index contributed by atoms with van der Waals surface area (Å²) < 4.78 is 0. The molecule has 0 heterocycles. The van der Waals surface area contributed by atoms with Crippen molar-refractivity contribution in [2.45, 2.75) is 6.42 Å². The van der Waals surface area contributed by atoms with Crippen molar-refractivity contribution in [3.05, 3.63) is 83.6 Å². The molecule has 4 rings (SSSR count). The lowest BCUT2D eigenvalue weighted by atomic mass is 9.77.